The Kier molecular flexibility index (Phi) is 3.66. The summed E-state index contributed by atoms with van der Waals surface area (Å²) in [6.07, 6.45) is 1.78. The maximum atomic E-state index is 6.06. The number of fused-ring (bicyclic) bond motifs is 1. The van der Waals surface area contributed by atoms with Crippen LogP contribution in [0.1, 0.15) is 13.8 Å². The summed E-state index contributed by atoms with van der Waals surface area (Å²) in [7, 11) is 4.18. The van der Waals surface area contributed by atoms with E-state index in [0.717, 1.165) is 35.4 Å². The lowest BCUT2D eigenvalue weighted by Gasteiger charge is -2.29. The summed E-state index contributed by atoms with van der Waals surface area (Å²) < 4.78 is 0. The number of rotatable bonds is 5. The van der Waals surface area contributed by atoms with Crippen LogP contribution in [0.4, 0.5) is 11.4 Å². The molecular formula is C14H23N5. The Hall–Kier alpha value is -1.75. The maximum absolute atomic E-state index is 6.06. The first-order chi connectivity index (χ1) is 8.87. The topological polar surface area (TPSA) is 70.0 Å². The Balaban J connectivity index is 2.10. The molecule has 4 N–H and O–H groups in total. The second-order valence-electron chi connectivity index (χ2n) is 6.15. The molecule has 0 saturated carbocycles. The van der Waals surface area contributed by atoms with Gasteiger partial charge in [-0.1, -0.05) is 13.8 Å². The SMILES string of the molecule is CN(C)CC(C)(C)CNc1cc2[nH]ncc2cc1N. The van der Waals surface area contributed by atoms with Gasteiger partial charge in [0.05, 0.1) is 23.1 Å². The van der Waals surface area contributed by atoms with Gasteiger partial charge in [-0.3, -0.25) is 5.10 Å². The third-order valence-electron chi connectivity index (χ3n) is 3.11. The standard InChI is InChI=1S/C14H23N5/c1-14(2,9-19(3)4)8-16-13-6-12-10(5-11(13)15)7-17-18-12/h5-7,16H,8-9,15H2,1-4H3,(H,17,18). The van der Waals surface area contributed by atoms with Crippen LogP contribution in [0, 0.1) is 5.41 Å². The number of nitrogen functional groups attached to an aromatic ring is 1. The first kappa shape index (κ1) is 13.7. The summed E-state index contributed by atoms with van der Waals surface area (Å²) in [6, 6.07) is 3.96. The number of aromatic amines is 1. The van der Waals surface area contributed by atoms with Crippen LogP contribution >= 0.6 is 0 Å². The zero-order chi connectivity index (χ0) is 14.0. The number of hydrogen-bond acceptors (Lipinski definition) is 4. The van der Waals surface area contributed by atoms with Gasteiger partial charge >= 0.3 is 0 Å². The zero-order valence-corrected chi connectivity index (χ0v) is 12.1. The van der Waals surface area contributed by atoms with Crippen molar-refractivity contribution in [1.29, 1.82) is 0 Å². The highest BCUT2D eigenvalue weighted by atomic mass is 15.1. The normalized spacial score (nSPS) is 12.3. The predicted octanol–water partition coefficient (Wildman–Crippen LogP) is 2.14. The molecule has 2 aromatic rings. The van der Waals surface area contributed by atoms with E-state index < -0.39 is 0 Å². The minimum atomic E-state index is 0.179. The average Bonchev–Trinajstić information content (AvgIpc) is 2.71. The number of nitrogens with one attached hydrogen (secondary N) is 2. The van der Waals surface area contributed by atoms with Crippen LogP contribution in [-0.4, -0.2) is 42.3 Å². The summed E-state index contributed by atoms with van der Waals surface area (Å²) in [6.45, 7) is 6.37. The average molecular weight is 261 g/mol. The molecule has 0 fully saturated rings. The molecule has 0 saturated heterocycles. The number of anilines is 2. The van der Waals surface area contributed by atoms with Gasteiger partial charge in [-0.05, 0) is 31.6 Å². The highest BCUT2D eigenvalue weighted by Gasteiger charge is 2.19. The van der Waals surface area contributed by atoms with Crippen LogP contribution < -0.4 is 11.1 Å². The van der Waals surface area contributed by atoms with Crippen LogP contribution in [0.25, 0.3) is 10.9 Å². The van der Waals surface area contributed by atoms with E-state index in [0.29, 0.717) is 0 Å². The molecule has 0 spiro atoms. The molecule has 2 rings (SSSR count). The van der Waals surface area contributed by atoms with Crippen LogP contribution in [0.3, 0.4) is 0 Å². The van der Waals surface area contributed by atoms with E-state index in [2.05, 4.69) is 48.4 Å². The van der Waals surface area contributed by atoms with Crippen molar-refractivity contribution in [3.63, 3.8) is 0 Å². The monoisotopic (exact) mass is 261 g/mol. The summed E-state index contributed by atoms with van der Waals surface area (Å²) in [5.74, 6) is 0. The van der Waals surface area contributed by atoms with Gasteiger partial charge in [0.1, 0.15) is 0 Å². The maximum Gasteiger partial charge on any atom is 0.0672 e. The molecule has 0 amide bonds. The lowest BCUT2D eigenvalue weighted by Crippen LogP contribution is -2.34. The van der Waals surface area contributed by atoms with Crippen molar-refractivity contribution in [3.8, 4) is 0 Å². The third-order valence-corrected chi connectivity index (χ3v) is 3.11. The molecule has 5 heteroatoms. The van der Waals surface area contributed by atoms with E-state index in [1.165, 1.54) is 0 Å². The van der Waals surface area contributed by atoms with Gasteiger partial charge in [0.25, 0.3) is 0 Å². The van der Waals surface area contributed by atoms with E-state index >= 15 is 0 Å². The molecule has 0 radical (unpaired) electrons. The van der Waals surface area contributed by atoms with E-state index in [-0.39, 0.29) is 5.41 Å². The van der Waals surface area contributed by atoms with Crippen molar-refractivity contribution in [2.24, 2.45) is 5.41 Å². The largest absolute Gasteiger partial charge is 0.397 e. The number of nitrogens with zero attached hydrogens (tertiary/aromatic N) is 2. The van der Waals surface area contributed by atoms with Gasteiger partial charge in [-0.2, -0.15) is 5.10 Å². The molecule has 0 aliphatic heterocycles. The van der Waals surface area contributed by atoms with Gasteiger partial charge in [-0.25, -0.2) is 0 Å². The molecule has 0 aliphatic rings. The summed E-state index contributed by atoms with van der Waals surface area (Å²) >= 11 is 0. The van der Waals surface area contributed by atoms with E-state index in [9.17, 15) is 0 Å². The van der Waals surface area contributed by atoms with Crippen LogP contribution in [0.15, 0.2) is 18.3 Å². The molecule has 1 aromatic carbocycles. The van der Waals surface area contributed by atoms with Crippen molar-refractivity contribution in [2.45, 2.75) is 13.8 Å². The molecule has 1 heterocycles. The van der Waals surface area contributed by atoms with E-state index in [4.69, 9.17) is 5.73 Å². The second-order valence-corrected chi connectivity index (χ2v) is 6.15. The van der Waals surface area contributed by atoms with E-state index in [1.807, 2.05) is 12.1 Å². The molecule has 104 valence electrons. The molecule has 19 heavy (non-hydrogen) atoms. The second kappa shape index (κ2) is 5.09. The van der Waals surface area contributed by atoms with Gasteiger partial charge in [-0.15, -0.1) is 0 Å². The number of hydrogen-bond donors (Lipinski definition) is 3. The molecule has 0 aliphatic carbocycles. The van der Waals surface area contributed by atoms with Gasteiger partial charge in [0, 0.05) is 18.5 Å². The quantitative estimate of drug-likeness (QED) is 0.721. The van der Waals surface area contributed by atoms with Crippen molar-refractivity contribution in [1.82, 2.24) is 15.1 Å². The number of nitrogens with two attached hydrogens (primary N) is 1. The highest BCUT2D eigenvalue weighted by Crippen LogP contribution is 2.26. The smallest absolute Gasteiger partial charge is 0.0672 e. The molecule has 5 nitrogen and oxygen atoms in total. The fourth-order valence-electron chi connectivity index (χ4n) is 2.41. The Morgan fingerprint density at radius 3 is 2.79 bits per heavy atom. The first-order valence-corrected chi connectivity index (χ1v) is 6.49. The molecule has 0 bridgehead atoms. The summed E-state index contributed by atoms with van der Waals surface area (Å²) in [4.78, 5) is 2.20. The summed E-state index contributed by atoms with van der Waals surface area (Å²) in [5.41, 5.74) is 8.96. The fraction of sp³-hybridized carbons (Fsp3) is 0.500. The Morgan fingerprint density at radius 2 is 2.11 bits per heavy atom. The Labute approximate surface area is 114 Å². The Morgan fingerprint density at radius 1 is 1.37 bits per heavy atom. The first-order valence-electron chi connectivity index (χ1n) is 6.49. The molecule has 0 atom stereocenters. The van der Waals surface area contributed by atoms with Crippen molar-refractivity contribution in [2.75, 3.05) is 38.2 Å². The summed E-state index contributed by atoms with van der Waals surface area (Å²) in [5, 5.41) is 11.5. The van der Waals surface area contributed by atoms with Crippen LogP contribution in [-0.2, 0) is 0 Å². The number of H-pyrrole nitrogens is 1. The van der Waals surface area contributed by atoms with E-state index in [1.54, 1.807) is 6.20 Å². The molecule has 1 aromatic heterocycles. The van der Waals surface area contributed by atoms with Crippen LogP contribution in [0.5, 0.6) is 0 Å². The number of benzene rings is 1. The molecular weight excluding hydrogens is 238 g/mol. The Bertz CT molecular complexity index is 556. The van der Waals surface area contributed by atoms with Crippen molar-refractivity contribution < 1.29 is 0 Å². The fourth-order valence-corrected chi connectivity index (χ4v) is 2.41. The minimum absolute atomic E-state index is 0.179. The van der Waals surface area contributed by atoms with Crippen LogP contribution in [0.2, 0.25) is 0 Å². The van der Waals surface area contributed by atoms with Gasteiger partial charge in [0.15, 0.2) is 0 Å². The third kappa shape index (κ3) is 3.38. The van der Waals surface area contributed by atoms with Gasteiger partial charge < -0.3 is 16.0 Å². The zero-order valence-electron chi connectivity index (χ0n) is 12.1. The van der Waals surface area contributed by atoms with Gasteiger partial charge in [0.2, 0.25) is 0 Å². The van der Waals surface area contributed by atoms with Crippen molar-refractivity contribution >= 4 is 22.3 Å². The minimum Gasteiger partial charge on any atom is -0.397 e. The lowest BCUT2D eigenvalue weighted by atomic mass is 9.93. The van der Waals surface area contributed by atoms with Crippen molar-refractivity contribution in [3.05, 3.63) is 18.3 Å². The molecule has 0 unspecified atom stereocenters. The lowest BCUT2D eigenvalue weighted by molar-refractivity contribution is 0.254. The highest BCUT2D eigenvalue weighted by molar-refractivity contribution is 5.88. The predicted molar refractivity (Wildman–Crippen MR) is 81.3 cm³/mol. The number of aromatic nitrogens is 2.